The topological polar surface area (TPSA) is 97.1 Å². The maximum absolute atomic E-state index is 13.2. The number of aromatic nitrogens is 10. The van der Waals surface area contributed by atoms with Gasteiger partial charge in [0, 0.05) is 49.7 Å². The zero-order valence-corrected chi connectivity index (χ0v) is 35.1. The fourth-order valence-electron chi connectivity index (χ4n) is 7.14. The predicted octanol–water partition coefficient (Wildman–Crippen LogP) is 10.2. The van der Waals surface area contributed by atoms with Crippen molar-refractivity contribution in [2.45, 2.75) is 53.4 Å². The van der Waals surface area contributed by atoms with Gasteiger partial charge < -0.3 is 18.3 Å². The number of hydrogen-bond donors (Lipinski definition) is 0. The van der Waals surface area contributed by atoms with Crippen molar-refractivity contribution in [3.05, 3.63) is 190 Å². The van der Waals surface area contributed by atoms with Crippen LogP contribution >= 0.6 is 0 Å². The summed E-state index contributed by atoms with van der Waals surface area (Å²) in [6, 6.07) is 25.7. The molecule has 0 amide bonds. The molecule has 0 aliphatic carbocycles. The lowest BCUT2D eigenvalue weighted by atomic mass is 10.0. The summed E-state index contributed by atoms with van der Waals surface area (Å²) in [6.45, 7) is 12.2. The van der Waals surface area contributed by atoms with E-state index in [1.165, 1.54) is 24.3 Å². The molecular formula is C48H48F2N10. The van der Waals surface area contributed by atoms with Gasteiger partial charge in [-0.25, -0.2) is 18.7 Å². The Morgan fingerprint density at radius 1 is 0.500 bits per heavy atom. The summed E-state index contributed by atoms with van der Waals surface area (Å²) >= 11 is 0. The molecule has 4 aromatic heterocycles. The monoisotopic (exact) mass is 802 g/mol. The van der Waals surface area contributed by atoms with Gasteiger partial charge in [0.05, 0.1) is 24.0 Å². The van der Waals surface area contributed by atoms with Crippen molar-refractivity contribution < 1.29 is 8.78 Å². The van der Waals surface area contributed by atoms with Gasteiger partial charge in [0.25, 0.3) is 0 Å². The van der Waals surface area contributed by atoms with Crippen molar-refractivity contribution in [2.75, 3.05) is 0 Å². The molecule has 0 saturated heterocycles. The van der Waals surface area contributed by atoms with Crippen LogP contribution in [0, 0.1) is 39.3 Å². The predicted molar refractivity (Wildman–Crippen MR) is 234 cm³/mol. The van der Waals surface area contributed by atoms with Gasteiger partial charge in [-0.2, -0.15) is 0 Å². The number of imidazole rings is 2. The van der Waals surface area contributed by atoms with Crippen LogP contribution in [0.4, 0.5) is 8.78 Å². The lowest BCUT2D eigenvalue weighted by molar-refractivity contribution is 0.625. The van der Waals surface area contributed by atoms with Crippen molar-refractivity contribution in [3.63, 3.8) is 0 Å². The van der Waals surface area contributed by atoms with Gasteiger partial charge >= 0.3 is 0 Å². The average Bonchev–Trinajstić information content (AvgIpc) is 4.04. The molecule has 0 unspecified atom stereocenters. The lowest BCUT2D eigenvalue weighted by Crippen LogP contribution is -2.05. The van der Waals surface area contributed by atoms with E-state index in [4.69, 9.17) is 0 Å². The molecule has 10 nitrogen and oxygen atoms in total. The highest BCUT2D eigenvalue weighted by Crippen LogP contribution is 2.26. The molecule has 0 aliphatic rings. The average molecular weight is 803 g/mol. The largest absolute Gasteiger partial charge is 0.314 e. The minimum Gasteiger partial charge on any atom is -0.314 e. The van der Waals surface area contributed by atoms with Crippen LogP contribution in [-0.4, -0.2) is 48.6 Å². The molecule has 0 saturated carbocycles. The van der Waals surface area contributed by atoms with Gasteiger partial charge in [-0.15, -0.1) is 20.4 Å². The van der Waals surface area contributed by atoms with Crippen LogP contribution < -0.4 is 0 Å². The Kier molecular flexibility index (Phi) is 12.2. The van der Waals surface area contributed by atoms with Gasteiger partial charge in [0.15, 0.2) is 11.6 Å². The van der Waals surface area contributed by atoms with E-state index in [-0.39, 0.29) is 23.5 Å². The Balaban J connectivity index is 0.000000181. The van der Waals surface area contributed by atoms with Crippen LogP contribution in [0.25, 0.3) is 35.7 Å². The first-order valence-electron chi connectivity index (χ1n) is 19.7. The number of hydrogen-bond acceptors (Lipinski definition) is 6. The molecule has 60 heavy (non-hydrogen) atoms. The summed E-state index contributed by atoms with van der Waals surface area (Å²) < 4.78 is 34.4. The van der Waals surface area contributed by atoms with Gasteiger partial charge in [-0.3, -0.25) is 0 Å². The minimum atomic E-state index is -0.239. The first kappa shape index (κ1) is 41.1. The molecule has 4 aromatic carbocycles. The first-order chi connectivity index (χ1) is 28.8. The van der Waals surface area contributed by atoms with Crippen LogP contribution in [-0.2, 0) is 14.1 Å². The molecule has 2 atom stereocenters. The van der Waals surface area contributed by atoms with Gasteiger partial charge in [0.1, 0.15) is 23.3 Å². The third kappa shape index (κ3) is 9.28. The Bertz CT molecular complexity index is 2590. The number of nitrogens with zero attached hydrogens (tertiary/aromatic N) is 10. The molecular weight excluding hydrogens is 755 g/mol. The standard InChI is InChI=1S/2C24H24FN5/c2*1-16-13-19(5-11-22(16)30-14-17(2)26-15-30)6-12-23-27-28-24(29(23)4)18(3)20-7-9-21(25)10-8-20/h2*5-15,18H,1-4H3/b2*12-6+/t2*18-/m10/s1. The van der Waals surface area contributed by atoms with Crippen LogP contribution in [0.1, 0.15) is 93.7 Å². The number of benzene rings is 4. The maximum Gasteiger partial charge on any atom is 0.156 e. The third-order valence-corrected chi connectivity index (χ3v) is 10.7. The highest BCUT2D eigenvalue weighted by atomic mass is 19.1. The molecule has 0 radical (unpaired) electrons. The van der Waals surface area contributed by atoms with Crippen molar-refractivity contribution in [1.82, 2.24) is 48.6 Å². The molecule has 8 rings (SSSR count). The summed E-state index contributed by atoms with van der Waals surface area (Å²) in [7, 11) is 3.90. The van der Waals surface area contributed by atoms with Crippen LogP contribution in [0.2, 0.25) is 0 Å². The fraction of sp³-hybridized carbons (Fsp3) is 0.208. The molecule has 0 bridgehead atoms. The van der Waals surface area contributed by atoms with Crippen LogP contribution in [0.15, 0.2) is 110 Å². The van der Waals surface area contributed by atoms with E-state index in [1.54, 1.807) is 24.3 Å². The molecule has 0 N–H and O–H groups in total. The smallest absolute Gasteiger partial charge is 0.156 e. The van der Waals surface area contributed by atoms with E-state index >= 15 is 0 Å². The summed E-state index contributed by atoms with van der Waals surface area (Å²) in [4.78, 5) is 8.59. The number of halogens is 2. The second-order valence-electron chi connectivity index (χ2n) is 15.1. The normalized spacial score (nSPS) is 12.6. The first-order valence-corrected chi connectivity index (χ1v) is 19.7. The third-order valence-electron chi connectivity index (χ3n) is 10.7. The van der Waals surface area contributed by atoms with Crippen molar-refractivity contribution in [2.24, 2.45) is 14.1 Å². The van der Waals surface area contributed by atoms with Crippen molar-refractivity contribution in [3.8, 4) is 11.4 Å². The molecule has 0 fully saturated rings. The second-order valence-corrected chi connectivity index (χ2v) is 15.1. The number of rotatable bonds is 10. The minimum absolute atomic E-state index is 0.0189. The summed E-state index contributed by atoms with van der Waals surface area (Å²) in [5, 5.41) is 17.4. The van der Waals surface area contributed by atoms with Gasteiger partial charge in [0.2, 0.25) is 0 Å². The zero-order chi connectivity index (χ0) is 42.5. The highest BCUT2D eigenvalue weighted by molar-refractivity contribution is 5.69. The Morgan fingerprint density at radius 2 is 0.883 bits per heavy atom. The van der Waals surface area contributed by atoms with Crippen molar-refractivity contribution in [1.29, 1.82) is 0 Å². The molecule has 0 aliphatic heterocycles. The van der Waals surface area contributed by atoms with Crippen molar-refractivity contribution >= 4 is 24.3 Å². The van der Waals surface area contributed by atoms with E-state index in [0.717, 1.165) is 79.4 Å². The Morgan fingerprint density at radius 3 is 1.22 bits per heavy atom. The van der Waals surface area contributed by atoms with Crippen LogP contribution in [0.3, 0.4) is 0 Å². The lowest BCUT2D eigenvalue weighted by Gasteiger charge is -2.11. The summed E-state index contributed by atoms with van der Waals surface area (Å²) in [5.74, 6) is 2.77. The molecule has 8 aromatic rings. The SMILES string of the molecule is Cc1cn(-c2ccc(/C=C/c3nnc([C@@H](C)c4ccc(F)cc4)n3C)cc2C)cn1.Cc1cn(-c2ccc(/C=C/c3nnc([C@H](C)c4ccc(F)cc4)n3C)cc2C)cn1. The van der Waals surface area contributed by atoms with E-state index in [2.05, 4.69) is 80.6 Å². The maximum atomic E-state index is 13.2. The highest BCUT2D eigenvalue weighted by Gasteiger charge is 2.18. The molecule has 4 heterocycles. The molecule has 304 valence electrons. The quantitative estimate of drug-likeness (QED) is 0.137. The Labute approximate surface area is 349 Å². The number of aryl methyl sites for hydroxylation is 4. The Hall–Kier alpha value is -7.08. The van der Waals surface area contributed by atoms with Crippen LogP contribution in [0.5, 0.6) is 0 Å². The molecule has 0 spiro atoms. The fourth-order valence-corrected chi connectivity index (χ4v) is 7.14. The van der Waals surface area contributed by atoms with E-state index in [0.29, 0.717) is 0 Å². The van der Waals surface area contributed by atoms with Gasteiger partial charge in [-0.1, -0.05) is 62.4 Å². The second kappa shape index (κ2) is 17.8. The van der Waals surface area contributed by atoms with E-state index in [1.807, 2.05) is 109 Å². The van der Waals surface area contributed by atoms with Gasteiger partial charge in [-0.05, 0) is 122 Å². The zero-order valence-electron chi connectivity index (χ0n) is 35.1. The summed E-state index contributed by atoms with van der Waals surface area (Å²) in [5.41, 5.74) is 10.7. The van der Waals surface area contributed by atoms with E-state index < -0.39 is 0 Å². The summed E-state index contributed by atoms with van der Waals surface area (Å²) in [6.07, 6.45) is 15.7. The molecule has 12 heteroatoms. The van der Waals surface area contributed by atoms with E-state index in [9.17, 15) is 8.78 Å².